The van der Waals surface area contributed by atoms with Gasteiger partial charge < -0.3 is 19.5 Å². The molecule has 4 rings (SSSR count). The number of para-hydroxylation sites is 1. The van der Waals surface area contributed by atoms with Crippen LogP contribution in [0.15, 0.2) is 34.9 Å². The number of likely N-dealkylation sites (tertiary alicyclic amines) is 1. The van der Waals surface area contributed by atoms with Crippen LogP contribution in [0.3, 0.4) is 0 Å². The van der Waals surface area contributed by atoms with Crippen LogP contribution in [0.4, 0.5) is 0 Å². The van der Waals surface area contributed by atoms with Crippen molar-refractivity contribution in [2.45, 2.75) is 45.7 Å². The van der Waals surface area contributed by atoms with E-state index < -0.39 is 0 Å². The summed E-state index contributed by atoms with van der Waals surface area (Å²) in [4.78, 5) is 32.0. The molecule has 0 radical (unpaired) electrons. The van der Waals surface area contributed by atoms with Crippen molar-refractivity contribution in [2.24, 2.45) is 0 Å². The zero-order chi connectivity index (χ0) is 22.0. The van der Waals surface area contributed by atoms with Gasteiger partial charge >= 0.3 is 0 Å². The zero-order valence-corrected chi connectivity index (χ0v) is 18.0. The molecule has 2 amide bonds. The molecule has 1 fully saturated rings. The van der Waals surface area contributed by atoms with Crippen LogP contribution in [0.1, 0.15) is 46.6 Å². The van der Waals surface area contributed by atoms with Gasteiger partial charge in [-0.1, -0.05) is 23.4 Å². The lowest BCUT2D eigenvalue weighted by molar-refractivity contribution is -0.131. The van der Waals surface area contributed by atoms with Crippen molar-refractivity contribution < 1.29 is 18.8 Å². The van der Waals surface area contributed by atoms with Crippen molar-refractivity contribution in [2.75, 3.05) is 13.7 Å². The Morgan fingerprint density at radius 1 is 1.29 bits per heavy atom. The number of ether oxygens (including phenoxy) is 1. The fraction of sp³-hybridized carbons (Fsp3) is 0.391. The summed E-state index contributed by atoms with van der Waals surface area (Å²) in [5, 5.41) is 7.85. The molecule has 1 aliphatic heterocycles. The molecule has 1 aromatic carbocycles. The van der Waals surface area contributed by atoms with Gasteiger partial charge in [0.15, 0.2) is 0 Å². The molecular weight excluding hydrogens is 396 g/mol. The van der Waals surface area contributed by atoms with E-state index in [1.54, 1.807) is 6.07 Å². The van der Waals surface area contributed by atoms with E-state index in [0.29, 0.717) is 49.3 Å². The van der Waals surface area contributed by atoms with Crippen LogP contribution in [0.2, 0.25) is 0 Å². The molecule has 0 aliphatic carbocycles. The number of carbonyl (C=O) groups is 2. The van der Waals surface area contributed by atoms with Crippen molar-refractivity contribution in [1.29, 1.82) is 0 Å². The van der Waals surface area contributed by atoms with Gasteiger partial charge in [0.25, 0.3) is 5.91 Å². The Kier molecular flexibility index (Phi) is 5.88. The number of carbonyl (C=O) groups excluding carboxylic acids is 2. The van der Waals surface area contributed by atoms with E-state index in [0.717, 1.165) is 22.4 Å². The molecule has 1 atom stereocenters. The standard InChI is InChI=1S/C23H26N4O4/c1-14-19(15(2)31-26-14)13-27-11-10-16(8-9-22(27)28)24-23(29)18-12-21(30-3)25-20-7-5-4-6-17(18)20/h4-7,12,16H,8-11,13H2,1-3H3,(H,24,29). The van der Waals surface area contributed by atoms with Gasteiger partial charge in [0, 0.05) is 36.0 Å². The number of pyridine rings is 1. The number of nitrogens with one attached hydrogen (secondary N) is 1. The Labute approximate surface area is 180 Å². The average molecular weight is 422 g/mol. The molecule has 0 spiro atoms. The smallest absolute Gasteiger partial charge is 0.252 e. The fourth-order valence-electron chi connectivity index (χ4n) is 3.97. The summed E-state index contributed by atoms with van der Waals surface area (Å²) in [5.41, 5.74) is 2.98. The molecule has 8 heteroatoms. The van der Waals surface area contributed by atoms with Crippen LogP contribution in [0, 0.1) is 13.8 Å². The third-order valence-corrected chi connectivity index (χ3v) is 5.82. The minimum atomic E-state index is -0.187. The van der Waals surface area contributed by atoms with E-state index in [2.05, 4.69) is 15.5 Å². The van der Waals surface area contributed by atoms with Gasteiger partial charge in [0.05, 0.1) is 30.4 Å². The van der Waals surface area contributed by atoms with Crippen LogP contribution < -0.4 is 10.1 Å². The van der Waals surface area contributed by atoms with Crippen LogP contribution in [0.5, 0.6) is 5.88 Å². The normalized spacial score (nSPS) is 16.9. The highest BCUT2D eigenvalue weighted by Crippen LogP contribution is 2.23. The maximum Gasteiger partial charge on any atom is 0.252 e. The number of hydrogen-bond donors (Lipinski definition) is 1. The van der Waals surface area contributed by atoms with E-state index in [-0.39, 0.29) is 17.9 Å². The number of aromatic nitrogens is 2. The summed E-state index contributed by atoms with van der Waals surface area (Å²) < 4.78 is 10.5. The van der Waals surface area contributed by atoms with Crippen LogP contribution in [0.25, 0.3) is 10.9 Å². The minimum Gasteiger partial charge on any atom is -0.481 e. The average Bonchev–Trinajstić information content (AvgIpc) is 2.99. The first-order chi connectivity index (χ1) is 15.0. The lowest BCUT2D eigenvalue weighted by atomic mass is 10.1. The van der Waals surface area contributed by atoms with Gasteiger partial charge in [-0.3, -0.25) is 9.59 Å². The van der Waals surface area contributed by atoms with Gasteiger partial charge in [-0.2, -0.15) is 0 Å². The number of aryl methyl sites for hydroxylation is 2. The molecular formula is C23H26N4O4. The number of methoxy groups -OCH3 is 1. The van der Waals surface area contributed by atoms with E-state index in [9.17, 15) is 9.59 Å². The fourth-order valence-corrected chi connectivity index (χ4v) is 3.97. The molecule has 1 aliphatic rings. The first-order valence-electron chi connectivity index (χ1n) is 10.4. The number of hydrogen-bond acceptors (Lipinski definition) is 6. The monoisotopic (exact) mass is 422 g/mol. The van der Waals surface area contributed by atoms with Crippen molar-refractivity contribution in [1.82, 2.24) is 20.4 Å². The first kappa shape index (κ1) is 20.8. The van der Waals surface area contributed by atoms with Crippen molar-refractivity contribution >= 4 is 22.7 Å². The second kappa shape index (κ2) is 8.75. The number of fused-ring (bicyclic) bond motifs is 1. The molecule has 3 aromatic rings. The number of amides is 2. The van der Waals surface area contributed by atoms with Gasteiger partial charge in [0.1, 0.15) is 5.76 Å². The Balaban J connectivity index is 1.48. The zero-order valence-electron chi connectivity index (χ0n) is 18.0. The molecule has 1 saturated heterocycles. The Morgan fingerprint density at radius 2 is 2.10 bits per heavy atom. The highest BCUT2D eigenvalue weighted by atomic mass is 16.5. The van der Waals surface area contributed by atoms with Crippen LogP contribution in [-0.2, 0) is 11.3 Å². The summed E-state index contributed by atoms with van der Waals surface area (Å²) in [7, 11) is 1.53. The Bertz CT molecular complexity index is 1100. The van der Waals surface area contributed by atoms with Crippen molar-refractivity contribution in [3.8, 4) is 5.88 Å². The molecule has 2 aromatic heterocycles. The topological polar surface area (TPSA) is 97.6 Å². The van der Waals surface area contributed by atoms with E-state index >= 15 is 0 Å². The summed E-state index contributed by atoms with van der Waals surface area (Å²) in [6.07, 6.45) is 1.67. The van der Waals surface area contributed by atoms with Crippen molar-refractivity contribution in [3.05, 3.63) is 52.9 Å². The summed E-state index contributed by atoms with van der Waals surface area (Å²) in [5.74, 6) is 1.02. The molecule has 0 bridgehead atoms. The van der Waals surface area contributed by atoms with Crippen LogP contribution >= 0.6 is 0 Å². The van der Waals surface area contributed by atoms with Gasteiger partial charge in [-0.05, 0) is 32.8 Å². The first-order valence-corrected chi connectivity index (χ1v) is 10.4. The van der Waals surface area contributed by atoms with E-state index in [4.69, 9.17) is 9.26 Å². The van der Waals surface area contributed by atoms with Crippen LogP contribution in [-0.4, -0.2) is 46.6 Å². The lowest BCUT2D eigenvalue weighted by Crippen LogP contribution is -2.36. The highest BCUT2D eigenvalue weighted by Gasteiger charge is 2.26. The second-order valence-electron chi connectivity index (χ2n) is 7.85. The van der Waals surface area contributed by atoms with Gasteiger partial charge in [0.2, 0.25) is 11.8 Å². The summed E-state index contributed by atoms with van der Waals surface area (Å²) in [6.45, 7) is 4.78. The molecule has 162 valence electrons. The molecule has 3 heterocycles. The van der Waals surface area contributed by atoms with Crippen molar-refractivity contribution in [3.63, 3.8) is 0 Å². The third kappa shape index (κ3) is 4.38. The van der Waals surface area contributed by atoms with Gasteiger partial charge in [-0.25, -0.2) is 4.98 Å². The molecule has 8 nitrogen and oxygen atoms in total. The quantitative estimate of drug-likeness (QED) is 0.678. The number of nitrogens with zero attached hydrogens (tertiary/aromatic N) is 3. The third-order valence-electron chi connectivity index (χ3n) is 5.82. The predicted molar refractivity (Wildman–Crippen MR) is 115 cm³/mol. The van der Waals surface area contributed by atoms with E-state index in [1.807, 2.05) is 43.0 Å². The summed E-state index contributed by atoms with van der Waals surface area (Å²) >= 11 is 0. The predicted octanol–water partition coefficient (Wildman–Crippen LogP) is 3.16. The lowest BCUT2D eigenvalue weighted by Gasteiger charge is -2.21. The summed E-state index contributed by atoms with van der Waals surface area (Å²) in [6, 6.07) is 9.04. The number of rotatable bonds is 5. The Morgan fingerprint density at radius 3 is 2.84 bits per heavy atom. The van der Waals surface area contributed by atoms with Gasteiger partial charge in [-0.15, -0.1) is 0 Å². The molecule has 1 N–H and O–H groups in total. The maximum absolute atomic E-state index is 13.1. The highest BCUT2D eigenvalue weighted by molar-refractivity contribution is 6.06. The molecule has 1 unspecified atom stereocenters. The second-order valence-corrected chi connectivity index (χ2v) is 7.85. The Hall–Kier alpha value is -3.42. The largest absolute Gasteiger partial charge is 0.481 e. The molecule has 31 heavy (non-hydrogen) atoms. The maximum atomic E-state index is 13.1. The number of benzene rings is 1. The van der Waals surface area contributed by atoms with E-state index in [1.165, 1.54) is 7.11 Å². The SMILES string of the molecule is COc1cc(C(=O)NC2CCC(=O)N(Cc3c(C)noc3C)CC2)c2ccccc2n1. The molecule has 0 saturated carbocycles. The minimum absolute atomic E-state index is 0.0766.